The molecule has 4 aromatic rings. The number of thiazole rings is 2. The minimum Gasteiger partial charge on any atom is -0.497 e. The second-order valence-corrected chi connectivity index (χ2v) is 8.86. The first kappa shape index (κ1) is 18.6. The first-order valence-corrected chi connectivity index (χ1v) is 10.6. The summed E-state index contributed by atoms with van der Waals surface area (Å²) >= 11 is 3.98. The molecular weight excluding hydrogens is 420 g/mol. The molecule has 0 spiro atoms. The number of nitrogens with one attached hydrogen (secondary N) is 1. The van der Waals surface area contributed by atoms with Crippen LogP contribution in [0.1, 0.15) is 0 Å². The maximum atomic E-state index is 12.2. The molecule has 0 unspecified atom stereocenters. The first-order valence-electron chi connectivity index (χ1n) is 7.94. The predicted octanol–water partition coefficient (Wildman–Crippen LogP) is 4.55. The SMILES string of the molecule is COc1ccc2nc(NC(=O)CSc3nc4ccc([N+](=O)[O-])cc4s3)sc2c1. The lowest BCUT2D eigenvalue weighted by molar-refractivity contribution is -0.384. The summed E-state index contributed by atoms with van der Waals surface area (Å²) in [4.78, 5) is 31.5. The molecule has 8 nitrogen and oxygen atoms in total. The summed E-state index contributed by atoms with van der Waals surface area (Å²) in [6, 6.07) is 10.1. The van der Waals surface area contributed by atoms with Crippen molar-refractivity contribution < 1.29 is 14.5 Å². The van der Waals surface area contributed by atoms with Crippen molar-refractivity contribution in [3.63, 3.8) is 0 Å². The summed E-state index contributed by atoms with van der Waals surface area (Å²) in [6.07, 6.45) is 0. The van der Waals surface area contributed by atoms with Crippen LogP contribution < -0.4 is 10.1 Å². The van der Waals surface area contributed by atoms with Crippen molar-refractivity contribution in [2.75, 3.05) is 18.2 Å². The number of rotatable bonds is 6. The van der Waals surface area contributed by atoms with Crippen molar-refractivity contribution in [3.05, 3.63) is 46.5 Å². The number of hydrogen-bond acceptors (Lipinski definition) is 9. The molecule has 142 valence electrons. The second kappa shape index (κ2) is 7.70. The average molecular weight is 433 g/mol. The highest BCUT2D eigenvalue weighted by atomic mass is 32.2. The van der Waals surface area contributed by atoms with Crippen LogP contribution in [0.3, 0.4) is 0 Å². The molecule has 11 heteroatoms. The normalized spacial score (nSPS) is 11.0. The lowest BCUT2D eigenvalue weighted by Crippen LogP contribution is -2.13. The number of amides is 1. The van der Waals surface area contributed by atoms with Crippen molar-refractivity contribution in [3.8, 4) is 5.75 Å². The van der Waals surface area contributed by atoms with E-state index in [9.17, 15) is 14.9 Å². The number of nitro benzene ring substituents is 1. The maximum absolute atomic E-state index is 12.2. The van der Waals surface area contributed by atoms with Gasteiger partial charge < -0.3 is 10.1 Å². The van der Waals surface area contributed by atoms with E-state index in [2.05, 4.69) is 15.3 Å². The fourth-order valence-corrected chi connectivity index (χ4v) is 5.25. The fraction of sp³-hybridized carbons (Fsp3) is 0.118. The third-order valence-electron chi connectivity index (χ3n) is 3.73. The Labute approximate surface area is 170 Å². The largest absolute Gasteiger partial charge is 0.497 e. The third-order valence-corrected chi connectivity index (χ3v) is 6.83. The summed E-state index contributed by atoms with van der Waals surface area (Å²) in [7, 11) is 1.60. The molecular formula is C17H12N4O4S3. The molecule has 0 aliphatic heterocycles. The van der Waals surface area contributed by atoms with Gasteiger partial charge >= 0.3 is 0 Å². The van der Waals surface area contributed by atoms with Gasteiger partial charge in [0.05, 0.1) is 38.2 Å². The van der Waals surface area contributed by atoms with Gasteiger partial charge in [0.2, 0.25) is 5.91 Å². The molecule has 0 radical (unpaired) electrons. The number of methoxy groups -OCH3 is 1. The summed E-state index contributed by atoms with van der Waals surface area (Å²) in [6.45, 7) is 0. The summed E-state index contributed by atoms with van der Waals surface area (Å²) in [5.41, 5.74) is 1.50. The second-order valence-electron chi connectivity index (χ2n) is 5.58. The molecule has 0 saturated heterocycles. The van der Waals surface area contributed by atoms with Crippen molar-refractivity contribution in [1.29, 1.82) is 0 Å². The molecule has 0 atom stereocenters. The van der Waals surface area contributed by atoms with Crippen LogP contribution in [0.15, 0.2) is 40.7 Å². The van der Waals surface area contributed by atoms with Crippen molar-refractivity contribution in [1.82, 2.24) is 9.97 Å². The first-order chi connectivity index (χ1) is 13.5. The molecule has 0 bridgehead atoms. The summed E-state index contributed by atoms with van der Waals surface area (Å²) < 4.78 is 7.52. The van der Waals surface area contributed by atoms with Crippen molar-refractivity contribution >= 4 is 71.6 Å². The predicted molar refractivity (Wildman–Crippen MR) is 112 cm³/mol. The number of thioether (sulfide) groups is 1. The highest BCUT2D eigenvalue weighted by Gasteiger charge is 2.13. The Bertz CT molecular complexity index is 1200. The Morgan fingerprint density at radius 2 is 1.93 bits per heavy atom. The monoisotopic (exact) mass is 432 g/mol. The Kier molecular flexibility index (Phi) is 5.11. The molecule has 2 aromatic heterocycles. The number of nitrogens with zero attached hydrogens (tertiary/aromatic N) is 3. The smallest absolute Gasteiger partial charge is 0.270 e. The number of fused-ring (bicyclic) bond motifs is 2. The van der Waals surface area contributed by atoms with Crippen LogP contribution in [0.2, 0.25) is 0 Å². The van der Waals surface area contributed by atoms with Crippen LogP contribution in [-0.4, -0.2) is 33.7 Å². The molecule has 1 amide bonds. The van der Waals surface area contributed by atoms with E-state index in [0.717, 1.165) is 20.7 Å². The average Bonchev–Trinajstić information content (AvgIpc) is 3.27. The summed E-state index contributed by atoms with van der Waals surface area (Å²) in [5, 5.41) is 14.2. The standard InChI is InChI=1S/C17H12N4O4S3/c1-25-10-3-5-11-14(7-10)27-16(18-11)20-15(22)8-26-17-19-12-4-2-9(21(23)24)6-13(12)28-17/h2-7H,8H2,1H3,(H,18,20,22). The van der Waals surface area contributed by atoms with Crippen LogP contribution in [0.5, 0.6) is 5.75 Å². The topological polar surface area (TPSA) is 107 Å². The van der Waals surface area contributed by atoms with E-state index in [4.69, 9.17) is 4.74 Å². The number of carbonyl (C=O) groups excluding carboxylic acids is 1. The molecule has 4 rings (SSSR count). The molecule has 0 saturated carbocycles. The molecule has 0 aliphatic carbocycles. The van der Waals surface area contributed by atoms with E-state index in [-0.39, 0.29) is 17.3 Å². The third kappa shape index (κ3) is 3.91. The van der Waals surface area contributed by atoms with Crippen LogP contribution in [0.25, 0.3) is 20.4 Å². The number of nitro groups is 1. The molecule has 2 aromatic carbocycles. The van der Waals surface area contributed by atoms with Crippen molar-refractivity contribution in [2.45, 2.75) is 4.34 Å². The van der Waals surface area contributed by atoms with E-state index in [0.29, 0.717) is 15.0 Å². The van der Waals surface area contributed by atoms with Crippen LogP contribution in [0, 0.1) is 10.1 Å². The molecule has 2 heterocycles. The molecule has 1 N–H and O–H groups in total. The van der Waals surface area contributed by atoms with E-state index in [1.54, 1.807) is 13.2 Å². The van der Waals surface area contributed by atoms with Crippen LogP contribution >= 0.6 is 34.4 Å². The van der Waals surface area contributed by atoms with Gasteiger partial charge in [-0.25, -0.2) is 9.97 Å². The number of benzene rings is 2. The van der Waals surface area contributed by atoms with Gasteiger partial charge in [0.15, 0.2) is 9.47 Å². The van der Waals surface area contributed by atoms with Crippen LogP contribution in [-0.2, 0) is 4.79 Å². The van der Waals surface area contributed by atoms with E-state index >= 15 is 0 Å². The minimum absolute atomic E-state index is 0.0258. The van der Waals surface area contributed by atoms with Gasteiger partial charge in [0.1, 0.15) is 5.75 Å². The van der Waals surface area contributed by atoms with Gasteiger partial charge in [0.25, 0.3) is 5.69 Å². The van der Waals surface area contributed by atoms with E-state index in [1.165, 1.54) is 46.6 Å². The molecule has 28 heavy (non-hydrogen) atoms. The Hall–Kier alpha value is -2.76. The molecule has 0 fully saturated rings. The van der Waals surface area contributed by atoms with Crippen LogP contribution in [0.4, 0.5) is 10.8 Å². The molecule has 0 aliphatic rings. The van der Waals surface area contributed by atoms with Gasteiger partial charge in [-0.05, 0) is 24.3 Å². The quantitative estimate of drug-likeness (QED) is 0.270. The fourth-order valence-electron chi connectivity index (χ4n) is 2.44. The lowest BCUT2D eigenvalue weighted by atomic mass is 10.3. The number of ether oxygens (including phenoxy) is 1. The zero-order valence-electron chi connectivity index (χ0n) is 14.4. The van der Waals surface area contributed by atoms with Gasteiger partial charge in [-0.1, -0.05) is 23.1 Å². The van der Waals surface area contributed by atoms with Gasteiger partial charge in [-0.2, -0.15) is 0 Å². The number of aromatic nitrogens is 2. The Morgan fingerprint density at radius 3 is 2.71 bits per heavy atom. The summed E-state index contributed by atoms with van der Waals surface area (Å²) in [5.74, 6) is 0.711. The minimum atomic E-state index is -0.437. The highest BCUT2D eigenvalue weighted by molar-refractivity contribution is 8.01. The van der Waals surface area contributed by atoms with E-state index in [1.807, 2.05) is 18.2 Å². The van der Waals surface area contributed by atoms with E-state index < -0.39 is 4.92 Å². The Balaban J connectivity index is 1.41. The van der Waals surface area contributed by atoms with Gasteiger partial charge in [-0.15, -0.1) is 11.3 Å². The maximum Gasteiger partial charge on any atom is 0.270 e. The zero-order chi connectivity index (χ0) is 19.7. The number of hydrogen-bond donors (Lipinski definition) is 1. The number of carbonyl (C=O) groups is 1. The lowest BCUT2D eigenvalue weighted by Gasteiger charge is -1.99. The van der Waals surface area contributed by atoms with Gasteiger partial charge in [-0.3, -0.25) is 14.9 Å². The number of non-ortho nitro benzene ring substituents is 1. The highest BCUT2D eigenvalue weighted by Crippen LogP contribution is 2.32. The number of anilines is 1. The van der Waals surface area contributed by atoms with Crippen molar-refractivity contribution in [2.24, 2.45) is 0 Å². The Morgan fingerprint density at radius 1 is 1.18 bits per heavy atom. The zero-order valence-corrected chi connectivity index (χ0v) is 16.8. The van der Waals surface area contributed by atoms with Gasteiger partial charge in [0, 0.05) is 12.1 Å².